The van der Waals surface area contributed by atoms with Crippen molar-refractivity contribution in [3.05, 3.63) is 112 Å². The molecule has 3 aromatic carbocycles. The molecule has 37 heavy (non-hydrogen) atoms. The quantitative estimate of drug-likeness (QED) is 0.221. The average molecular weight is 528 g/mol. The van der Waals surface area contributed by atoms with Gasteiger partial charge in [0.25, 0.3) is 0 Å². The van der Waals surface area contributed by atoms with E-state index in [4.69, 9.17) is 5.73 Å². The first kappa shape index (κ1) is 34.4. The zero-order valence-electron chi connectivity index (χ0n) is 23.9. The van der Waals surface area contributed by atoms with E-state index in [-0.39, 0.29) is 18.1 Å². The third kappa shape index (κ3) is 12.5. The molecule has 0 aliphatic rings. The first-order valence-electron chi connectivity index (χ1n) is 13.3. The van der Waals surface area contributed by atoms with Gasteiger partial charge in [-0.25, -0.2) is 8.78 Å². The number of rotatable bonds is 8. The molecule has 0 spiro atoms. The monoisotopic (exact) mass is 527 g/mol. The predicted octanol–water partition coefficient (Wildman–Crippen LogP) is 9.85. The summed E-state index contributed by atoms with van der Waals surface area (Å²) >= 11 is 3.53. The number of nitrogens with two attached hydrogens (primary N) is 1. The van der Waals surface area contributed by atoms with Crippen molar-refractivity contribution < 1.29 is 8.78 Å². The fraction of sp³-hybridized carbons (Fsp3) is 0.394. The molecular weight excluding hydrogens is 480 g/mol. The van der Waals surface area contributed by atoms with Crippen LogP contribution in [0.3, 0.4) is 0 Å². The van der Waals surface area contributed by atoms with Gasteiger partial charge in [-0.05, 0) is 72.5 Å². The van der Waals surface area contributed by atoms with Gasteiger partial charge in [-0.2, -0.15) is 12.6 Å². The molecule has 0 atom stereocenters. The van der Waals surface area contributed by atoms with Crippen molar-refractivity contribution in [3.63, 3.8) is 0 Å². The summed E-state index contributed by atoms with van der Waals surface area (Å²) in [7, 11) is 0. The third-order valence-corrected chi connectivity index (χ3v) is 5.61. The van der Waals surface area contributed by atoms with Crippen molar-refractivity contribution >= 4 is 18.3 Å². The highest BCUT2D eigenvalue weighted by molar-refractivity contribution is 7.79. The smallest absolute Gasteiger partial charge is 0.126 e. The van der Waals surface area contributed by atoms with Crippen molar-refractivity contribution in [3.8, 4) is 0 Å². The standard InChI is InChI=1S/C24H23F2N.C6H14.C2H6.CH4S/c1-15-5-4-6-18(9-15)11-20-13-22(25)14-21(24(20)17(3)27)12-19-8-7-16(2)10-23(19)26;1-3-5-6-4-2;2*1-2/h4-10,13-14H,3,11-12,27H2,1-2H3;3-6H2,1-2H3;1-2H3;2H,1H3. The summed E-state index contributed by atoms with van der Waals surface area (Å²) in [6, 6.07) is 16.0. The van der Waals surface area contributed by atoms with E-state index in [1.807, 2.05) is 52.0 Å². The summed E-state index contributed by atoms with van der Waals surface area (Å²) in [4.78, 5) is 0. The van der Waals surface area contributed by atoms with Gasteiger partial charge in [0.15, 0.2) is 0 Å². The van der Waals surface area contributed by atoms with Gasteiger partial charge in [-0.15, -0.1) is 0 Å². The predicted molar refractivity (Wildman–Crippen MR) is 164 cm³/mol. The Bertz CT molecular complexity index is 1070. The number of halogens is 2. The molecule has 0 unspecified atom stereocenters. The molecule has 204 valence electrons. The molecule has 0 radical (unpaired) electrons. The molecular formula is C33H47F2NS. The molecule has 0 aliphatic heterocycles. The van der Waals surface area contributed by atoms with Crippen LogP contribution >= 0.6 is 12.6 Å². The van der Waals surface area contributed by atoms with Crippen LogP contribution in [0.25, 0.3) is 5.70 Å². The molecule has 0 bridgehead atoms. The van der Waals surface area contributed by atoms with E-state index in [1.54, 1.807) is 12.3 Å². The molecule has 3 rings (SSSR count). The lowest BCUT2D eigenvalue weighted by atomic mass is 9.90. The minimum Gasteiger partial charge on any atom is -0.399 e. The zero-order chi connectivity index (χ0) is 28.4. The van der Waals surface area contributed by atoms with Gasteiger partial charge in [0.1, 0.15) is 11.6 Å². The first-order chi connectivity index (χ1) is 17.7. The summed E-state index contributed by atoms with van der Waals surface area (Å²) in [6.07, 6.45) is 8.03. The summed E-state index contributed by atoms with van der Waals surface area (Å²) in [5.74, 6) is -0.654. The topological polar surface area (TPSA) is 26.0 Å². The Kier molecular flexibility index (Phi) is 18.1. The van der Waals surface area contributed by atoms with Gasteiger partial charge in [0.2, 0.25) is 0 Å². The second kappa shape index (κ2) is 19.5. The number of aryl methyl sites for hydroxylation is 2. The van der Waals surface area contributed by atoms with E-state index < -0.39 is 0 Å². The Balaban J connectivity index is 0.00000112. The lowest BCUT2D eigenvalue weighted by Crippen LogP contribution is -2.08. The van der Waals surface area contributed by atoms with Crippen LogP contribution in [0.2, 0.25) is 0 Å². The summed E-state index contributed by atoms with van der Waals surface area (Å²) in [5, 5.41) is 0. The number of hydrogen-bond donors (Lipinski definition) is 2. The van der Waals surface area contributed by atoms with E-state index in [9.17, 15) is 8.78 Å². The maximum absolute atomic E-state index is 14.4. The fourth-order valence-electron chi connectivity index (χ4n) is 3.96. The molecule has 0 aliphatic carbocycles. The van der Waals surface area contributed by atoms with E-state index in [0.717, 1.165) is 22.3 Å². The molecule has 0 amide bonds. The van der Waals surface area contributed by atoms with Crippen LogP contribution in [0.5, 0.6) is 0 Å². The molecule has 0 heterocycles. The number of unbranched alkanes of at least 4 members (excludes halogenated alkanes) is 3. The molecule has 3 aromatic rings. The minimum atomic E-state index is -0.356. The highest BCUT2D eigenvalue weighted by Crippen LogP contribution is 2.27. The van der Waals surface area contributed by atoms with Crippen LogP contribution < -0.4 is 5.73 Å². The van der Waals surface area contributed by atoms with Crippen LogP contribution in [0.4, 0.5) is 8.78 Å². The van der Waals surface area contributed by atoms with Crippen LogP contribution in [0, 0.1) is 25.5 Å². The Morgan fingerprint density at radius 2 is 1.32 bits per heavy atom. The van der Waals surface area contributed by atoms with Crippen molar-refractivity contribution in [2.24, 2.45) is 5.73 Å². The first-order valence-corrected chi connectivity index (χ1v) is 14.2. The van der Waals surface area contributed by atoms with Gasteiger partial charge >= 0.3 is 0 Å². The van der Waals surface area contributed by atoms with Crippen LogP contribution in [0.1, 0.15) is 92.3 Å². The molecule has 0 fully saturated rings. The SMILES string of the molecule is C=C(N)c1c(Cc2cccc(C)c2)cc(F)cc1Cc1ccc(C)cc1F.CC.CCCCCC.CS. The second-order valence-corrected chi connectivity index (χ2v) is 8.77. The lowest BCUT2D eigenvalue weighted by molar-refractivity contribution is 0.609. The summed E-state index contributed by atoms with van der Waals surface area (Å²) in [5.41, 5.74) is 12.1. The number of benzene rings is 3. The Morgan fingerprint density at radius 3 is 1.81 bits per heavy atom. The average Bonchev–Trinajstić information content (AvgIpc) is 2.87. The Morgan fingerprint density at radius 1 is 0.784 bits per heavy atom. The van der Waals surface area contributed by atoms with Crippen LogP contribution in [-0.2, 0) is 12.8 Å². The van der Waals surface area contributed by atoms with Crippen LogP contribution in [0.15, 0.2) is 61.2 Å². The Labute approximate surface area is 230 Å². The molecule has 1 nitrogen and oxygen atoms in total. The largest absolute Gasteiger partial charge is 0.399 e. The number of thiol groups is 1. The van der Waals surface area contributed by atoms with Gasteiger partial charge < -0.3 is 5.73 Å². The summed E-state index contributed by atoms with van der Waals surface area (Å²) in [6.45, 7) is 16.2. The zero-order valence-corrected chi connectivity index (χ0v) is 24.8. The third-order valence-electron chi connectivity index (χ3n) is 5.61. The van der Waals surface area contributed by atoms with Gasteiger partial charge in [-0.3, -0.25) is 0 Å². The van der Waals surface area contributed by atoms with Crippen molar-refractivity contribution in [2.75, 3.05) is 6.26 Å². The van der Waals surface area contributed by atoms with E-state index in [0.29, 0.717) is 28.8 Å². The van der Waals surface area contributed by atoms with Gasteiger partial charge in [-0.1, -0.05) is 102 Å². The normalized spacial score (nSPS) is 9.68. The molecule has 0 saturated heterocycles. The minimum absolute atomic E-state index is 0.260. The summed E-state index contributed by atoms with van der Waals surface area (Å²) < 4.78 is 28.7. The molecule has 0 aromatic heterocycles. The fourth-order valence-corrected chi connectivity index (χ4v) is 3.96. The highest BCUT2D eigenvalue weighted by atomic mass is 32.1. The van der Waals surface area contributed by atoms with E-state index in [1.165, 1.54) is 43.9 Å². The number of hydrogen-bond acceptors (Lipinski definition) is 2. The van der Waals surface area contributed by atoms with E-state index in [2.05, 4.69) is 39.1 Å². The Hall–Kier alpha value is -2.59. The lowest BCUT2D eigenvalue weighted by Gasteiger charge is -2.16. The highest BCUT2D eigenvalue weighted by Gasteiger charge is 2.15. The van der Waals surface area contributed by atoms with Crippen LogP contribution in [-0.4, -0.2) is 6.26 Å². The maximum Gasteiger partial charge on any atom is 0.126 e. The molecule has 0 saturated carbocycles. The van der Waals surface area contributed by atoms with Gasteiger partial charge in [0.05, 0.1) is 0 Å². The van der Waals surface area contributed by atoms with E-state index >= 15 is 0 Å². The van der Waals surface area contributed by atoms with Crippen molar-refractivity contribution in [1.82, 2.24) is 0 Å². The molecule has 2 N–H and O–H groups in total. The van der Waals surface area contributed by atoms with Crippen molar-refractivity contribution in [1.29, 1.82) is 0 Å². The van der Waals surface area contributed by atoms with Gasteiger partial charge in [0, 0.05) is 17.7 Å². The molecule has 4 heteroatoms. The van der Waals surface area contributed by atoms with Crippen molar-refractivity contribution in [2.45, 2.75) is 80.1 Å². The second-order valence-electron chi connectivity index (χ2n) is 8.77. The maximum atomic E-state index is 14.4.